The molecule has 0 saturated heterocycles. The van der Waals surface area contributed by atoms with E-state index in [1.165, 1.54) is 0 Å². The second-order valence-corrected chi connectivity index (χ2v) is 8.24. The van der Waals surface area contributed by atoms with Crippen molar-refractivity contribution in [1.29, 1.82) is 0 Å². The lowest BCUT2D eigenvalue weighted by Crippen LogP contribution is -2.38. The SMILES string of the molecule is NN=N[C@@H](CC(=O)NCCCS(=O)(=O)N=O)C(=O)NCCCS(=O)(=O)O. The Labute approximate surface area is 149 Å². The van der Waals surface area contributed by atoms with Gasteiger partial charge < -0.3 is 16.5 Å². The predicted octanol–water partition coefficient (Wildman–Crippen LogP) is -1.93. The van der Waals surface area contributed by atoms with Crippen LogP contribution in [0.1, 0.15) is 19.3 Å². The van der Waals surface area contributed by atoms with Crippen molar-refractivity contribution in [3.05, 3.63) is 4.91 Å². The van der Waals surface area contributed by atoms with E-state index in [1.54, 1.807) is 0 Å². The number of rotatable bonds is 13. The summed E-state index contributed by atoms with van der Waals surface area (Å²) in [5, 5.41) is 11.0. The number of nitrogens with two attached hydrogens (primary N) is 1. The first-order valence-electron chi connectivity index (χ1n) is 7.17. The van der Waals surface area contributed by atoms with Gasteiger partial charge in [-0.2, -0.15) is 13.5 Å². The summed E-state index contributed by atoms with van der Waals surface area (Å²) in [5.41, 5.74) is 0. The maximum atomic E-state index is 11.9. The zero-order chi connectivity index (χ0) is 20.2. The van der Waals surface area contributed by atoms with Gasteiger partial charge in [-0.15, -0.1) is 4.91 Å². The minimum atomic E-state index is -4.14. The quantitative estimate of drug-likeness (QED) is 0.0653. The Morgan fingerprint density at radius 1 is 1.04 bits per heavy atom. The molecular formula is C10H20N6O8S2. The average Bonchev–Trinajstić information content (AvgIpc) is 2.54. The Kier molecular flexibility index (Phi) is 10.5. The van der Waals surface area contributed by atoms with Crippen molar-refractivity contribution in [2.24, 2.45) is 20.8 Å². The van der Waals surface area contributed by atoms with Gasteiger partial charge in [-0.25, -0.2) is 8.42 Å². The van der Waals surface area contributed by atoms with E-state index in [0.29, 0.717) is 0 Å². The van der Waals surface area contributed by atoms with Crippen molar-refractivity contribution in [2.75, 3.05) is 24.6 Å². The minimum Gasteiger partial charge on any atom is -0.356 e. The van der Waals surface area contributed by atoms with E-state index in [2.05, 4.69) is 21.0 Å². The van der Waals surface area contributed by atoms with E-state index in [1.807, 2.05) is 4.58 Å². The second kappa shape index (κ2) is 11.4. The topological polar surface area (TPSA) is 227 Å². The Morgan fingerprint density at radius 3 is 2.15 bits per heavy atom. The van der Waals surface area contributed by atoms with Gasteiger partial charge in [0.2, 0.25) is 11.8 Å². The Balaban J connectivity index is 4.33. The first-order valence-corrected chi connectivity index (χ1v) is 10.4. The fourth-order valence-corrected chi connectivity index (χ4v) is 2.71. The summed E-state index contributed by atoms with van der Waals surface area (Å²) < 4.78 is 53.3. The van der Waals surface area contributed by atoms with Gasteiger partial charge in [0, 0.05) is 13.1 Å². The number of nitrogens with zero attached hydrogens (tertiary/aromatic N) is 3. The molecule has 0 radical (unpaired) electrons. The molecule has 0 aliphatic heterocycles. The normalized spacial score (nSPS) is 13.3. The minimum absolute atomic E-state index is 0.0509. The molecule has 5 N–H and O–H groups in total. The molecule has 2 amide bonds. The van der Waals surface area contributed by atoms with Crippen molar-refractivity contribution in [1.82, 2.24) is 10.6 Å². The zero-order valence-corrected chi connectivity index (χ0v) is 15.2. The Morgan fingerprint density at radius 2 is 1.62 bits per heavy atom. The monoisotopic (exact) mass is 416 g/mol. The number of carbonyl (C=O) groups excluding carboxylic acids is 2. The lowest BCUT2D eigenvalue weighted by atomic mass is 10.2. The molecule has 0 aromatic heterocycles. The van der Waals surface area contributed by atoms with Gasteiger partial charge in [-0.1, -0.05) is 5.22 Å². The Hall–Kier alpha value is -2.20. The number of nitroso groups, excluding NO2 is 1. The molecule has 0 saturated carbocycles. The molecule has 1 atom stereocenters. The molecule has 0 unspecified atom stereocenters. The third-order valence-electron chi connectivity index (χ3n) is 2.78. The summed E-state index contributed by atoms with van der Waals surface area (Å²) in [6, 6.07) is -1.27. The van der Waals surface area contributed by atoms with E-state index in [4.69, 9.17) is 10.4 Å². The van der Waals surface area contributed by atoms with Crippen molar-refractivity contribution in [2.45, 2.75) is 25.3 Å². The van der Waals surface area contributed by atoms with E-state index in [0.717, 1.165) is 0 Å². The van der Waals surface area contributed by atoms with Gasteiger partial charge in [0.05, 0.1) is 22.5 Å². The van der Waals surface area contributed by atoms with Crippen LogP contribution in [0.2, 0.25) is 0 Å². The van der Waals surface area contributed by atoms with Crippen LogP contribution in [0.15, 0.2) is 14.9 Å². The molecule has 14 nitrogen and oxygen atoms in total. The maximum absolute atomic E-state index is 11.9. The average molecular weight is 416 g/mol. The summed E-state index contributed by atoms with van der Waals surface area (Å²) in [6.45, 7) is -0.163. The third-order valence-corrected chi connectivity index (χ3v) is 4.62. The van der Waals surface area contributed by atoms with Crippen molar-refractivity contribution >= 4 is 32.0 Å². The first-order chi connectivity index (χ1) is 12.0. The van der Waals surface area contributed by atoms with Crippen LogP contribution in [0.5, 0.6) is 0 Å². The lowest BCUT2D eigenvalue weighted by Gasteiger charge is -2.11. The molecular weight excluding hydrogens is 396 g/mol. The zero-order valence-electron chi connectivity index (χ0n) is 13.6. The number of hydrogen-bond acceptors (Lipinski definition) is 9. The van der Waals surface area contributed by atoms with Crippen LogP contribution >= 0.6 is 0 Å². The van der Waals surface area contributed by atoms with Gasteiger partial charge in [0.25, 0.3) is 20.1 Å². The van der Waals surface area contributed by atoms with Crippen molar-refractivity contribution in [3.63, 3.8) is 0 Å². The standard InChI is InChI=1S/C10H20N6O8S2/c11-15-14-8(10(18)13-4-2-6-26(22,23)24)7-9(17)12-3-1-5-25(20,21)16-19/h8H,1-7H2,(H2,11,14)(H,12,17)(H,13,18)(H,22,23,24)/t8-/m0/s1. The van der Waals surface area contributed by atoms with Gasteiger partial charge in [-0.3, -0.25) is 14.1 Å². The number of sulfonamides is 1. The molecule has 0 aliphatic rings. The van der Waals surface area contributed by atoms with Crippen molar-refractivity contribution < 1.29 is 31.0 Å². The molecule has 0 aromatic rings. The largest absolute Gasteiger partial charge is 0.356 e. The molecule has 0 spiro atoms. The van der Waals surface area contributed by atoms with E-state index in [-0.39, 0.29) is 25.9 Å². The van der Waals surface area contributed by atoms with Gasteiger partial charge in [-0.05, 0) is 12.8 Å². The molecule has 0 fully saturated rings. The van der Waals surface area contributed by atoms with Crippen LogP contribution in [-0.2, 0) is 29.7 Å². The summed E-state index contributed by atoms with van der Waals surface area (Å²) in [6.07, 6.45) is -0.545. The summed E-state index contributed by atoms with van der Waals surface area (Å²) in [4.78, 5) is 33.5. The highest BCUT2D eigenvalue weighted by Gasteiger charge is 2.21. The van der Waals surface area contributed by atoms with Crippen LogP contribution in [0, 0.1) is 4.91 Å². The van der Waals surface area contributed by atoms with E-state index in [9.17, 15) is 31.3 Å². The Bertz CT molecular complexity index is 720. The molecule has 150 valence electrons. The number of amides is 2. The van der Waals surface area contributed by atoms with Crippen LogP contribution in [0.4, 0.5) is 0 Å². The highest BCUT2D eigenvalue weighted by molar-refractivity contribution is 7.89. The van der Waals surface area contributed by atoms with Gasteiger partial charge in [0.1, 0.15) is 0 Å². The summed E-state index contributed by atoms with van der Waals surface area (Å²) in [5.74, 6) is 2.41. The van der Waals surface area contributed by atoms with E-state index < -0.39 is 55.9 Å². The van der Waals surface area contributed by atoms with Crippen LogP contribution in [0.25, 0.3) is 0 Å². The summed E-state index contributed by atoms with van der Waals surface area (Å²) in [7, 11) is -8.19. The van der Waals surface area contributed by atoms with Gasteiger partial charge in [0.15, 0.2) is 6.04 Å². The molecule has 0 heterocycles. The second-order valence-electron chi connectivity index (χ2n) is 4.95. The first kappa shape index (κ1) is 23.8. The predicted molar refractivity (Wildman–Crippen MR) is 88.7 cm³/mol. The number of nitrogens with one attached hydrogen (secondary N) is 2. The number of carbonyl (C=O) groups is 2. The molecule has 0 rings (SSSR count). The van der Waals surface area contributed by atoms with Crippen LogP contribution in [-0.4, -0.2) is 63.8 Å². The maximum Gasteiger partial charge on any atom is 0.288 e. The van der Waals surface area contributed by atoms with Gasteiger partial charge >= 0.3 is 0 Å². The third kappa shape index (κ3) is 12.2. The van der Waals surface area contributed by atoms with Crippen LogP contribution in [0.3, 0.4) is 0 Å². The molecule has 0 aliphatic carbocycles. The molecule has 16 heteroatoms. The molecule has 26 heavy (non-hydrogen) atoms. The fraction of sp³-hybridized carbons (Fsp3) is 0.800. The highest BCUT2D eigenvalue weighted by atomic mass is 32.2. The fourth-order valence-electron chi connectivity index (χ4n) is 1.62. The number of hydrogen-bond donors (Lipinski definition) is 4. The molecule has 0 bridgehead atoms. The van der Waals surface area contributed by atoms with Crippen LogP contribution < -0.4 is 16.5 Å². The summed E-state index contributed by atoms with van der Waals surface area (Å²) >= 11 is 0. The highest BCUT2D eigenvalue weighted by Crippen LogP contribution is 2.00. The molecule has 0 aromatic carbocycles. The lowest BCUT2D eigenvalue weighted by molar-refractivity contribution is -0.127. The van der Waals surface area contributed by atoms with Crippen molar-refractivity contribution in [3.8, 4) is 0 Å². The smallest absolute Gasteiger partial charge is 0.288 e. The van der Waals surface area contributed by atoms with E-state index >= 15 is 0 Å².